The topological polar surface area (TPSA) is 130 Å². The minimum absolute atomic E-state index is 0.0426. The van der Waals surface area contributed by atoms with Crippen LogP contribution >= 0.6 is 0 Å². The number of nitro groups is 1. The van der Waals surface area contributed by atoms with Crippen molar-refractivity contribution in [1.29, 1.82) is 0 Å². The van der Waals surface area contributed by atoms with E-state index in [1.54, 1.807) is 25.1 Å². The maximum atomic E-state index is 13.9. The molecular formula is C29H34N4O6S. The number of nitrogens with zero attached hydrogens (tertiary/aromatic N) is 3. The molecule has 3 aromatic rings. The van der Waals surface area contributed by atoms with Gasteiger partial charge in [0.15, 0.2) is 0 Å². The van der Waals surface area contributed by atoms with Crippen molar-refractivity contribution < 1.29 is 22.9 Å². The van der Waals surface area contributed by atoms with E-state index in [1.807, 2.05) is 45.0 Å². The molecule has 3 rings (SSSR count). The summed E-state index contributed by atoms with van der Waals surface area (Å²) in [7, 11) is -4.31. The number of hydrogen-bond acceptors (Lipinski definition) is 6. The first-order valence-electron chi connectivity index (χ1n) is 12.9. The number of benzene rings is 3. The summed E-state index contributed by atoms with van der Waals surface area (Å²) >= 11 is 0. The molecule has 0 bridgehead atoms. The van der Waals surface area contributed by atoms with Gasteiger partial charge in [0.05, 0.1) is 15.5 Å². The van der Waals surface area contributed by atoms with Gasteiger partial charge in [-0.25, -0.2) is 8.42 Å². The number of amides is 2. The van der Waals surface area contributed by atoms with Gasteiger partial charge in [-0.1, -0.05) is 55.5 Å². The molecule has 40 heavy (non-hydrogen) atoms. The lowest BCUT2D eigenvalue weighted by molar-refractivity contribution is -0.384. The van der Waals surface area contributed by atoms with E-state index >= 15 is 0 Å². The Hall–Kier alpha value is -4.25. The first-order chi connectivity index (χ1) is 18.9. The molecule has 0 spiro atoms. The third-order valence-corrected chi connectivity index (χ3v) is 8.50. The lowest BCUT2D eigenvalue weighted by Crippen LogP contribution is -2.52. The summed E-state index contributed by atoms with van der Waals surface area (Å²) in [6.45, 7) is 6.65. The van der Waals surface area contributed by atoms with E-state index < -0.39 is 33.4 Å². The average molecular weight is 567 g/mol. The highest BCUT2D eigenvalue weighted by atomic mass is 32.2. The van der Waals surface area contributed by atoms with Crippen LogP contribution < -0.4 is 9.62 Å². The summed E-state index contributed by atoms with van der Waals surface area (Å²) in [6.07, 6.45) is 0.695. The zero-order chi connectivity index (χ0) is 29.4. The molecule has 0 saturated carbocycles. The van der Waals surface area contributed by atoms with Gasteiger partial charge < -0.3 is 10.2 Å². The second-order valence-corrected chi connectivity index (χ2v) is 11.4. The minimum atomic E-state index is -4.31. The molecule has 0 fully saturated rings. The molecule has 0 aliphatic carbocycles. The highest BCUT2D eigenvalue weighted by Crippen LogP contribution is 2.27. The molecule has 0 radical (unpaired) electrons. The molecule has 10 nitrogen and oxygen atoms in total. The van der Waals surface area contributed by atoms with Crippen molar-refractivity contribution in [2.24, 2.45) is 0 Å². The molecule has 1 N–H and O–H groups in total. The van der Waals surface area contributed by atoms with Crippen molar-refractivity contribution in [1.82, 2.24) is 10.2 Å². The van der Waals surface area contributed by atoms with E-state index in [1.165, 1.54) is 35.2 Å². The van der Waals surface area contributed by atoms with Crippen molar-refractivity contribution >= 4 is 33.2 Å². The number of carbonyl (C=O) groups excluding carboxylic acids is 2. The van der Waals surface area contributed by atoms with E-state index in [2.05, 4.69) is 5.32 Å². The Bertz CT molecular complexity index is 1460. The van der Waals surface area contributed by atoms with Crippen molar-refractivity contribution in [3.63, 3.8) is 0 Å². The number of non-ortho nitro benzene ring substituents is 1. The molecule has 0 aromatic heterocycles. The molecule has 212 valence electrons. The molecule has 0 unspecified atom stereocenters. The zero-order valence-electron chi connectivity index (χ0n) is 23.0. The lowest BCUT2D eigenvalue weighted by Gasteiger charge is -2.32. The third kappa shape index (κ3) is 7.23. The summed E-state index contributed by atoms with van der Waals surface area (Å²) in [5, 5.41) is 14.3. The fraction of sp³-hybridized carbons (Fsp3) is 0.310. The molecular weight excluding hydrogens is 532 g/mol. The predicted octanol–water partition coefficient (Wildman–Crippen LogP) is 4.43. The van der Waals surface area contributed by atoms with Gasteiger partial charge in [0, 0.05) is 24.7 Å². The summed E-state index contributed by atoms with van der Waals surface area (Å²) < 4.78 is 28.4. The number of anilines is 1. The Morgan fingerprint density at radius 3 is 2.25 bits per heavy atom. The van der Waals surface area contributed by atoms with Crippen molar-refractivity contribution in [2.45, 2.75) is 57.6 Å². The van der Waals surface area contributed by atoms with Crippen LogP contribution in [0.2, 0.25) is 0 Å². The van der Waals surface area contributed by atoms with Gasteiger partial charge in [0.1, 0.15) is 12.6 Å². The van der Waals surface area contributed by atoms with E-state index in [0.29, 0.717) is 6.42 Å². The number of carbonyl (C=O) groups is 2. The van der Waals surface area contributed by atoms with Gasteiger partial charge >= 0.3 is 0 Å². The van der Waals surface area contributed by atoms with Gasteiger partial charge in [0.25, 0.3) is 15.7 Å². The van der Waals surface area contributed by atoms with Gasteiger partial charge in [-0.15, -0.1) is 0 Å². The van der Waals surface area contributed by atoms with Gasteiger partial charge in [-0.2, -0.15) is 0 Å². The monoisotopic (exact) mass is 566 g/mol. The third-order valence-electron chi connectivity index (χ3n) is 6.71. The van der Waals surface area contributed by atoms with Gasteiger partial charge in [-0.05, 0) is 56.5 Å². The Morgan fingerprint density at radius 1 is 0.975 bits per heavy atom. The van der Waals surface area contributed by atoms with E-state index in [4.69, 9.17) is 0 Å². The standard InChI is InChI=1S/C29H34N4O6S/c1-5-22(3)30-29(35)23(4)31(19-24-13-10-9-12-21(24)2)28(34)20-32(25-14-11-15-26(18-25)33(36)37)40(38,39)27-16-7-6-8-17-27/h6-18,22-23H,5,19-20H2,1-4H3,(H,30,35)/t22-,23+/m0/s1. The van der Waals surface area contributed by atoms with E-state index in [0.717, 1.165) is 21.5 Å². The maximum absolute atomic E-state index is 13.9. The zero-order valence-corrected chi connectivity index (χ0v) is 23.8. The smallest absolute Gasteiger partial charge is 0.271 e. The maximum Gasteiger partial charge on any atom is 0.271 e. The Balaban J connectivity index is 2.07. The molecule has 0 aliphatic rings. The molecule has 0 heterocycles. The number of nitrogens with one attached hydrogen (secondary N) is 1. The fourth-order valence-corrected chi connectivity index (χ4v) is 5.46. The molecule has 3 aromatic carbocycles. The number of nitro benzene ring substituents is 1. The van der Waals surface area contributed by atoms with Gasteiger partial charge in [-0.3, -0.25) is 24.0 Å². The van der Waals surface area contributed by atoms with Crippen LogP contribution in [0, 0.1) is 17.0 Å². The Morgan fingerprint density at radius 2 is 1.62 bits per heavy atom. The van der Waals surface area contributed by atoms with Crippen LogP contribution in [-0.2, 0) is 26.2 Å². The molecule has 11 heteroatoms. The largest absolute Gasteiger partial charge is 0.352 e. The van der Waals surface area contributed by atoms with E-state index in [-0.39, 0.29) is 34.8 Å². The van der Waals surface area contributed by atoms with Gasteiger partial charge in [0.2, 0.25) is 11.8 Å². The molecule has 0 aliphatic heterocycles. The minimum Gasteiger partial charge on any atom is -0.352 e. The number of aryl methyl sites for hydroxylation is 1. The van der Waals surface area contributed by atoms with Crippen LogP contribution in [0.4, 0.5) is 11.4 Å². The number of rotatable bonds is 12. The van der Waals surface area contributed by atoms with Crippen LogP contribution in [-0.4, -0.2) is 48.7 Å². The summed E-state index contributed by atoms with van der Waals surface area (Å²) in [5.74, 6) is -1.01. The van der Waals surface area contributed by atoms with Crippen LogP contribution in [0.15, 0.2) is 83.8 Å². The summed E-state index contributed by atoms with van der Waals surface area (Å²) in [5.41, 5.74) is 1.34. The van der Waals surface area contributed by atoms with Crippen LogP contribution in [0.1, 0.15) is 38.3 Å². The Kier molecular flexibility index (Phi) is 10.0. The first-order valence-corrected chi connectivity index (χ1v) is 14.4. The highest BCUT2D eigenvalue weighted by Gasteiger charge is 2.33. The SMILES string of the molecule is CC[C@H](C)NC(=O)[C@@H](C)N(Cc1ccccc1C)C(=O)CN(c1cccc([N+](=O)[O-])c1)S(=O)(=O)c1ccccc1. The van der Waals surface area contributed by atoms with E-state index in [9.17, 15) is 28.1 Å². The van der Waals surface area contributed by atoms with Crippen molar-refractivity contribution in [3.8, 4) is 0 Å². The normalized spacial score (nSPS) is 12.7. The number of sulfonamides is 1. The van der Waals surface area contributed by atoms with Crippen molar-refractivity contribution in [3.05, 3.63) is 100 Å². The Labute approximate surface area is 234 Å². The second-order valence-electron chi connectivity index (χ2n) is 9.54. The lowest BCUT2D eigenvalue weighted by atomic mass is 10.1. The summed E-state index contributed by atoms with van der Waals surface area (Å²) in [4.78, 5) is 39.1. The van der Waals surface area contributed by atoms with Crippen LogP contribution in [0.5, 0.6) is 0 Å². The van der Waals surface area contributed by atoms with Crippen LogP contribution in [0.3, 0.4) is 0 Å². The highest BCUT2D eigenvalue weighted by molar-refractivity contribution is 7.92. The second kappa shape index (κ2) is 13.2. The molecule has 2 atom stereocenters. The van der Waals surface area contributed by atoms with Crippen LogP contribution in [0.25, 0.3) is 0 Å². The predicted molar refractivity (Wildman–Crippen MR) is 153 cm³/mol. The van der Waals surface area contributed by atoms with Crippen molar-refractivity contribution in [2.75, 3.05) is 10.8 Å². The fourth-order valence-electron chi connectivity index (χ4n) is 4.03. The quantitative estimate of drug-likeness (QED) is 0.255. The molecule has 0 saturated heterocycles. The summed E-state index contributed by atoms with van der Waals surface area (Å²) in [6, 6.07) is 19.0. The average Bonchev–Trinajstić information content (AvgIpc) is 2.95. The number of hydrogen-bond donors (Lipinski definition) is 1. The first kappa shape index (κ1) is 30.3. The molecule has 2 amide bonds.